The molecule has 0 heterocycles. The fourth-order valence-corrected chi connectivity index (χ4v) is 2.17. The first-order valence-corrected chi connectivity index (χ1v) is 7.57. The molecule has 1 aromatic carbocycles. The van der Waals surface area contributed by atoms with E-state index in [1.165, 1.54) is 19.2 Å². The summed E-state index contributed by atoms with van der Waals surface area (Å²) in [5, 5.41) is 6.16. The Morgan fingerprint density at radius 2 is 2.09 bits per heavy atom. The van der Waals surface area contributed by atoms with E-state index in [9.17, 15) is 9.59 Å². The first-order valence-electron chi connectivity index (χ1n) is 7.19. The smallest absolute Gasteiger partial charge is 0.255 e. The molecule has 0 unspecified atom stereocenters. The van der Waals surface area contributed by atoms with Gasteiger partial charge in [-0.15, -0.1) is 0 Å². The third-order valence-corrected chi connectivity index (χ3v) is 3.25. The van der Waals surface area contributed by atoms with Gasteiger partial charge in [0, 0.05) is 18.2 Å². The second-order valence-corrected chi connectivity index (χ2v) is 5.32. The summed E-state index contributed by atoms with van der Waals surface area (Å²) in [4.78, 5) is 23.0. The average molecular weight is 344 g/mol. The number of benzene rings is 1. The number of amides is 2. The number of ether oxygens (including phenoxy) is 2. The monoisotopic (exact) mass is 343 g/mol. The van der Waals surface area contributed by atoms with Gasteiger partial charge in [-0.3, -0.25) is 9.59 Å². The quantitative estimate of drug-likeness (QED) is 0.619. The Hall–Kier alpha value is -1.99. The second-order valence-electron chi connectivity index (χ2n) is 4.91. The van der Waals surface area contributed by atoms with Crippen LogP contribution >= 0.6 is 11.6 Å². The molecule has 0 aromatic heterocycles. The van der Waals surface area contributed by atoms with Gasteiger partial charge in [-0.1, -0.05) is 18.5 Å². The van der Waals surface area contributed by atoms with Crippen LogP contribution < -0.4 is 25.8 Å². The molecule has 2 amide bonds. The van der Waals surface area contributed by atoms with E-state index < -0.39 is 5.91 Å². The van der Waals surface area contributed by atoms with Crippen LogP contribution in [0.2, 0.25) is 5.02 Å². The highest BCUT2D eigenvalue weighted by molar-refractivity contribution is 6.32. The van der Waals surface area contributed by atoms with Gasteiger partial charge < -0.3 is 25.8 Å². The van der Waals surface area contributed by atoms with Crippen LogP contribution in [-0.2, 0) is 4.79 Å². The molecule has 128 valence electrons. The minimum atomic E-state index is -0.637. The molecule has 8 heteroatoms. The lowest BCUT2D eigenvalue weighted by Gasteiger charge is -2.15. The van der Waals surface area contributed by atoms with Crippen molar-refractivity contribution in [1.82, 2.24) is 10.6 Å². The number of nitrogens with two attached hydrogens (primary N) is 1. The summed E-state index contributed by atoms with van der Waals surface area (Å²) in [6.07, 6.45) is 0. The molecule has 0 aliphatic rings. The highest BCUT2D eigenvalue weighted by Gasteiger charge is 2.17. The predicted octanol–water partition coefficient (Wildman–Crippen LogP) is 0.941. The molecule has 0 radical (unpaired) electrons. The van der Waals surface area contributed by atoms with E-state index in [4.69, 9.17) is 26.8 Å². The van der Waals surface area contributed by atoms with Crippen LogP contribution in [0.3, 0.4) is 0 Å². The maximum atomic E-state index is 12.2. The molecular weight excluding hydrogens is 322 g/mol. The Bertz CT molecular complexity index is 566. The molecule has 0 spiro atoms. The fraction of sp³-hybridized carbons (Fsp3) is 0.467. The number of likely N-dealkylation sites (N-methyl/N-ethyl adjacent to an activating group) is 1. The maximum absolute atomic E-state index is 12.2. The third-order valence-electron chi connectivity index (χ3n) is 2.97. The van der Waals surface area contributed by atoms with Crippen LogP contribution in [0.4, 0.5) is 0 Å². The van der Waals surface area contributed by atoms with E-state index >= 15 is 0 Å². The highest BCUT2D eigenvalue weighted by Crippen LogP contribution is 2.36. The van der Waals surface area contributed by atoms with Crippen molar-refractivity contribution < 1.29 is 19.1 Å². The van der Waals surface area contributed by atoms with Crippen LogP contribution in [0.15, 0.2) is 12.1 Å². The van der Waals surface area contributed by atoms with Crippen LogP contribution in [0.1, 0.15) is 24.2 Å². The van der Waals surface area contributed by atoms with E-state index in [1.807, 2.05) is 13.8 Å². The number of hydrogen-bond donors (Lipinski definition) is 3. The number of primary amides is 1. The van der Waals surface area contributed by atoms with Crippen molar-refractivity contribution in [3.05, 3.63) is 22.7 Å². The molecular formula is C15H22ClN3O4. The molecule has 0 saturated heterocycles. The van der Waals surface area contributed by atoms with Gasteiger partial charge in [0.25, 0.3) is 11.8 Å². The van der Waals surface area contributed by atoms with E-state index in [0.29, 0.717) is 12.1 Å². The minimum Gasteiger partial charge on any atom is -0.493 e. The van der Waals surface area contributed by atoms with Gasteiger partial charge in [0.1, 0.15) is 0 Å². The minimum absolute atomic E-state index is 0.152. The Kier molecular flexibility index (Phi) is 7.64. The lowest BCUT2D eigenvalue weighted by atomic mass is 10.1. The normalized spacial score (nSPS) is 11.7. The Morgan fingerprint density at radius 1 is 1.39 bits per heavy atom. The highest BCUT2D eigenvalue weighted by atomic mass is 35.5. The summed E-state index contributed by atoms with van der Waals surface area (Å²) in [5.74, 6) is -0.493. The number of carbonyl (C=O) groups excluding carboxylic acids is 2. The number of halogens is 1. The maximum Gasteiger partial charge on any atom is 0.255 e. The van der Waals surface area contributed by atoms with Crippen molar-refractivity contribution in [3.8, 4) is 11.5 Å². The SMILES string of the molecule is CCN[C@H](C)CNC(=O)c1cc(Cl)c(OCC(N)=O)c(OC)c1. The molecule has 7 nitrogen and oxygen atoms in total. The zero-order valence-electron chi connectivity index (χ0n) is 13.4. The van der Waals surface area contributed by atoms with Crippen molar-refractivity contribution in [2.24, 2.45) is 5.73 Å². The average Bonchev–Trinajstić information content (AvgIpc) is 2.50. The second kappa shape index (κ2) is 9.22. The molecule has 0 saturated carbocycles. The van der Waals surface area contributed by atoms with Gasteiger partial charge in [0.2, 0.25) is 0 Å². The number of hydrogen-bond acceptors (Lipinski definition) is 5. The summed E-state index contributed by atoms with van der Waals surface area (Å²) in [7, 11) is 1.41. The lowest BCUT2D eigenvalue weighted by Crippen LogP contribution is -2.38. The van der Waals surface area contributed by atoms with Gasteiger partial charge in [0.15, 0.2) is 18.1 Å². The van der Waals surface area contributed by atoms with Crippen molar-refractivity contribution in [2.75, 3.05) is 26.8 Å². The first kappa shape index (κ1) is 19.1. The van der Waals surface area contributed by atoms with Crippen LogP contribution in [0.25, 0.3) is 0 Å². The van der Waals surface area contributed by atoms with Gasteiger partial charge in [-0.2, -0.15) is 0 Å². The summed E-state index contributed by atoms with van der Waals surface area (Å²) in [5.41, 5.74) is 5.37. The summed E-state index contributed by atoms with van der Waals surface area (Å²) in [6.45, 7) is 4.93. The molecule has 4 N–H and O–H groups in total. The fourth-order valence-electron chi connectivity index (χ4n) is 1.90. The van der Waals surface area contributed by atoms with Crippen LogP contribution in [-0.4, -0.2) is 44.7 Å². The van der Waals surface area contributed by atoms with Crippen LogP contribution in [0, 0.1) is 0 Å². The van der Waals surface area contributed by atoms with Crippen molar-refractivity contribution in [3.63, 3.8) is 0 Å². The van der Waals surface area contributed by atoms with Gasteiger partial charge >= 0.3 is 0 Å². The number of rotatable bonds is 9. The van der Waals surface area contributed by atoms with E-state index in [0.717, 1.165) is 6.54 Å². The standard InChI is InChI=1S/C15H22ClN3O4/c1-4-18-9(2)7-19-15(21)10-5-11(16)14(12(6-10)22-3)23-8-13(17)20/h5-6,9,18H,4,7-8H2,1-3H3,(H2,17,20)(H,19,21)/t9-/m1/s1. The summed E-state index contributed by atoms with van der Waals surface area (Å²) < 4.78 is 10.4. The molecule has 0 fully saturated rings. The van der Waals surface area contributed by atoms with Gasteiger partial charge in [-0.05, 0) is 25.6 Å². The Labute approximate surface area is 140 Å². The Balaban J connectivity index is 2.86. The largest absolute Gasteiger partial charge is 0.493 e. The predicted molar refractivity (Wildman–Crippen MR) is 88.2 cm³/mol. The number of carbonyl (C=O) groups is 2. The molecule has 0 aliphatic heterocycles. The van der Waals surface area contributed by atoms with E-state index in [2.05, 4.69) is 10.6 Å². The number of nitrogens with one attached hydrogen (secondary N) is 2. The molecule has 1 rings (SSSR count). The zero-order chi connectivity index (χ0) is 17.4. The summed E-state index contributed by atoms with van der Waals surface area (Å²) in [6, 6.07) is 3.10. The van der Waals surface area contributed by atoms with Crippen molar-refractivity contribution in [1.29, 1.82) is 0 Å². The molecule has 23 heavy (non-hydrogen) atoms. The first-order chi connectivity index (χ1) is 10.9. The molecule has 0 bridgehead atoms. The van der Waals surface area contributed by atoms with Crippen molar-refractivity contribution >= 4 is 23.4 Å². The molecule has 1 atom stereocenters. The lowest BCUT2D eigenvalue weighted by molar-refractivity contribution is -0.119. The third kappa shape index (κ3) is 5.96. The molecule has 0 aliphatic carbocycles. The van der Waals surface area contributed by atoms with Gasteiger partial charge in [0.05, 0.1) is 12.1 Å². The van der Waals surface area contributed by atoms with E-state index in [1.54, 1.807) is 0 Å². The van der Waals surface area contributed by atoms with Crippen molar-refractivity contribution in [2.45, 2.75) is 19.9 Å². The summed E-state index contributed by atoms with van der Waals surface area (Å²) >= 11 is 6.10. The molecule has 1 aromatic rings. The number of methoxy groups -OCH3 is 1. The van der Waals surface area contributed by atoms with Gasteiger partial charge in [-0.25, -0.2) is 0 Å². The van der Waals surface area contributed by atoms with E-state index in [-0.39, 0.29) is 35.1 Å². The topological polar surface area (TPSA) is 103 Å². The Morgan fingerprint density at radius 3 is 2.65 bits per heavy atom. The zero-order valence-corrected chi connectivity index (χ0v) is 14.2. The van der Waals surface area contributed by atoms with Crippen LogP contribution in [0.5, 0.6) is 11.5 Å².